The number of hydrogen-bond donors (Lipinski definition) is 1. The molecule has 4 bridgehead atoms. The highest BCUT2D eigenvalue weighted by Gasteiger charge is 2.52. The maximum Gasteiger partial charge on any atom is 0.318 e. The molecule has 0 radical (unpaired) electrons. The molecule has 184 valence electrons. The summed E-state index contributed by atoms with van der Waals surface area (Å²) in [6.45, 7) is 0.896. The van der Waals surface area contributed by atoms with Crippen LogP contribution in [0.1, 0.15) is 73.4 Å². The molecule has 1 aliphatic heterocycles. The average molecular weight is 490 g/mol. The normalized spacial score (nSPS) is 32.9. The minimum absolute atomic E-state index is 0.00675. The van der Waals surface area contributed by atoms with Crippen molar-refractivity contribution in [2.75, 3.05) is 13.1 Å². The molecule has 5 nitrogen and oxygen atoms in total. The number of benzene rings is 1. The van der Waals surface area contributed by atoms with Crippen molar-refractivity contribution in [3.05, 3.63) is 57.8 Å². The van der Waals surface area contributed by atoms with Gasteiger partial charge in [0.25, 0.3) is 0 Å². The van der Waals surface area contributed by atoms with E-state index in [4.69, 9.17) is 0 Å². The van der Waals surface area contributed by atoms with Crippen molar-refractivity contribution < 1.29 is 9.59 Å². The highest BCUT2D eigenvalue weighted by atomic mass is 32.1. The van der Waals surface area contributed by atoms with Gasteiger partial charge in [-0.15, -0.1) is 11.3 Å². The van der Waals surface area contributed by atoms with Crippen molar-refractivity contribution in [1.82, 2.24) is 15.1 Å². The van der Waals surface area contributed by atoms with Gasteiger partial charge < -0.3 is 15.1 Å². The van der Waals surface area contributed by atoms with Crippen LogP contribution in [0.4, 0.5) is 4.79 Å². The summed E-state index contributed by atoms with van der Waals surface area (Å²) in [4.78, 5) is 32.8. The molecule has 1 aromatic heterocycles. The van der Waals surface area contributed by atoms with Crippen molar-refractivity contribution >= 4 is 23.3 Å². The lowest BCUT2D eigenvalue weighted by atomic mass is 9.53. The van der Waals surface area contributed by atoms with Gasteiger partial charge in [-0.05, 0) is 98.1 Å². The van der Waals surface area contributed by atoms with Gasteiger partial charge in [0, 0.05) is 23.0 Å². The number of urea groups is 1. The van der Waals surface area contributed by atoms with Gasteiger partial charge in [0.1, 0.15) is 6.54 Å². The second-order valence-corrected chi connectivity index (χ2v) is 12.9. The van der Waals surface area contributed by atoms with E-state index in [0.29, 0.717) is 6.54 Å². The molecule has 1 atom stereocenters. The fourth-order valence-electron chi connectivity index (χ4n) is 8.13. The Morgan fingerprint density at radius 3 is 2.34 bits per heavy atom. The summed E-state index contributed by atoms with van der Waals surface area (Å²) >= 11 is 1.79. The smallest absolute Gasteiger partial charge is 0.318 e. The summed E-state index contributed by atoms with van der Waals surface area (Å²) < 4.78 is 0. The van der Waals surface area contributed by atoms with Gasteiger partial charge in [0.15, 0.2) is 0 Å². The van der Waals surface area contributed by atoms with Crippen molar-refractivity contribution in [1.29, 1.82) is 0 Å². The highest BCUT2D eigenvalue weighted by Crippen LogP contribution is 2.55. The number of amides is 3. The molecule has 5 saturated carbocycles. The van der Waals surface area contributed by atoms with Crippen LogP contribution in [0.25, 0.3) is 0 Å². The van der Waals surface area contributed by atoms with E-state index in [1.54, 1.807) is 11.3 Å². The number of fused-ring (bicyclic) bond motifs is 1. The van der Waals surface area contributed by atoms with Crippen molar-refractivity contribution in [3.8, 4) is 0 Å². The molecule has 1 unspecified atom stereocenters. The Morgan fingerprint density at radius 1 is 1.00 bits per heavy atom. The van der Waals surface area contributed by atoms with Crippen molar-refractivity contribution in [2.45, 2.75) is 75.4 Å². The summed E-state index contributed by atoms with van der Waals surface area (Å²) in [7, 11) is 0. The predicted octanol–water partition coefficient (Wildman–Crippen LogP) is 5.37. The molecule has 1 aromatic carbocycles. The number of thiophene rings is 1. The van der Waals surface area contributed by atoms with E-state index in [2.05, 4.69) is 28.9 Å². The Kier molecular flexibility index (Phi) is 5.23. The monoisotopic (exact) mass is 489 g/mol. The molecular weight excluding hydrogens is 454 g/mol. The average Bonchev–Trinajstić information content (AvgIpc) is 3.56. The van der Waals surface area contributed by atoms with Crippen LogP contribution in [0.2, 0.25) is 0 Å². The molecule has 0 spiro atoms. The minimum Gasteiger partial charge on any atom is -0.333 e. The van der Waals surface area contributed by atoms with E-state index in [9.17, 15) is 9.59 Å². The fourth-order valence-corrected chi connectivity index (χ4v) is 9.04. The molecule has 1 N–H and O–H groups in total. The van der Waals surface area contributed by atoms with E-state index in [0.717, 1.165) is 61.8 Å². The first-order valence-electron chi connectivity index (χ1n) is 13.6. The number of hydrogen-bond acceptors (Lipinski definition) is 3. The summed E-state index contributed by atoms with van der Waals surface area (Å²) in [6, 6.07) is 12.7. The van der Waals surface area contributed by atoms with Crippen LogP contribution in [0.3, 0.4) is 0 Å². The Labute approximate surface area is 211 Å². The van der Waals surface area contributed by atoms with Gasteiger partial charge in [0.2, 0.25) is 5.91 Å². The maximum atomic E-state index is 13.8. The standard InChI is InChI=1S/C29H35N3O2S/c33-26(31-10-8-25-24(9-11-35-25)27(31)22-4-2-1-3-5-22)18-32(23-6-7-23)28(34)30-29-15-19-12-20(16-29)14-21(13-19)17-29/h1-5,9,11,19-21,23,27H,6-8,10,12-18H2,(H,30,34). The fraction of sp³-hybridized carbons (Fsp3) is 0.586. The van der Waals surface area contributed by atoms with Gasteiger partial charge in [0.05, 0.1) is 6.04 Å². The molecule has 2 heterocycles. The van der Waals surface area contributed by atoms with E-state index >= 15 is 0 Å². The molecular formula is C29H35N3O2S. The second-order valence-electron chi connectivity index (χ2n) is 11.9. The van der Waals surface area contributed by atoms with Gasteiger partial charge >= 0.3 is 6.03 Å². The zero-order valence-electron chi connectivity index (χ0n) is 20.3. The third-order valence-corrected chi connectivity index (χ3v) is 10.4. The number of carbonyl (C=O) groups excluding carboxylic acids is 2. The number of carbonyl (C=O) groups is 2. The van der Waals surface area contributed by atoms with Gasteiger partial charge in [-0.1, -0.05) is 30.3 Å². The van der Waals surface area contributed by atoms with Crippen LogP contribution in [0, 0.1) is 17.8 Å². The Bertz CT molecular complexity index is 1090. The van der Waals surface area contributed by atoms with Crippen LogP contribution in [0.15, 0.2) is 41.8 Å². The molecule has 6 heteroatoms. The van der Waals surface area contributed by atoms with Gasteiger partial charge in [-0.2, -0.15) is 0 Å². The van der Waals surface area contributed by atoms with Crippen molar-refractivity contribution in [2.24, 2.45) is 17.8 Å². The SMILES string of the molecule is O=C(NC12CC3CC(CC(C3)C1)C2)N(CC(=O)N1CCc2sccc2C1c1ccccc1)C1CC1. The summed E-state index contributed by atoms with van der Waals surface area (Å²) in [5.74, 6) is 2.44. The first-order valence-corrected chi connectivity index (χ1v) is 14.4. The number of rotatable bonds is 5. The highest BCUT2D eigenvalue weighted by molar-refractivity contribution is 7.10. The molecule has 35 heavy (non-hydrogen) atoms. The van der Waals surface area contributed by atoms with Crippen LogP contribution < -0.4 is 5.32 Å². The predicted molar refractivity (Wildman–Crippen MR) is 137 cm³/mol. The third kappa shape index (κ3) is 3.98. The Balaban J connectivity index is 1.11. The lowest BCUT2D eigenvalue weighted by Crippen LogP contribution is -2.62. The molecule has 6 aliphatic rings. The minimum atomic E-state index is -0.0639. The lowest BCUT2D eigenvalue weighted by Gasteiger charge is -2.57. The van der Waals surface area contributed by atoms with Gasteiger partial charge in [-0.25, -0.2) is 4.79 Å². The lowest BCUT2D eigenvalue weighted by molar-refractivity contribution is -0.134. The first-order chi connectivity index (χ1) is 17.1. The van der Waals surface area contributed by atoms with Gasteiger partial charge in [-0.3, -0.25) is 4.79 Å². The largest absolute Gasteiger partial charge is 0.333 e. The van der Waals surface area contributed by atoms with Crippen molar-refractivity contribution in [3.63, 3.8) is 0 Å². The molecule has 2 aromatic rings. The van der Waals surface area contributed by atoms with E-state index < -0.39 is 0 Å². The summed E-state index contributed by atoms with van der Waals surface area (Å²) in [5, 5.41) is 5.67. The zero-order valence-corrected chi connectivity index (χ0v) is 21.1. The number of nitrogens with one attached hydrogen (secondary N) is 1. The van der Waals surface area contributed by atoms with E-state index in [1.165, 1.54) is 29.7 Å². The van der Waals surface area contributed by atoms with Crippen LogP contribution >= 0.6 is 11.3 Å². The van der Waals surface area contributed by atoms with Crippen LogP contribution in [-0.2, 0) is 11.2 Å². The summed E-state index contributed by atoms with van der Waals surface area (Å²) in [6.07, 6.45) is 10.4. The van der Waals surface area contributed by atoms with E-state index in [-0.39, 0.29) is 36.1 Å². The summed E-state index contributed by atoms with van der Waals surface area (Å²) in [5.41, 5.74) is 2.37. The molecule has 5 fully saturated rings. The molecule has 0 saturated heterocycles. The first kappa shape index (κ1) is 21.9. The number of nitrogens with zero attached hydrogens (tertiary/aromatic N) is 2. The maximum absolute atomic E-state index is 13.8. The zero-order chi connectivity index (χ0) is 23.6. The Hall–Kier alpha value is -2.34. The quantitative estimate of drug-likeness (QED) is 0.614. The van der Waals surface area contributed by atoms with E-state index in [1.807, 2.05) is 28.0 Å². The second kappa shape index (κ2) is 8.36. The topological polar surface area (TPSA) is 52.7 Å². The Morgan fingerprint density at radius 2 is 1.69 bits per heavy atom. The molecule has 8 rings (SSSR count). The molecule has 5 aliphatic carbocycles. The van der Waals surface area contributed by atoms with Crippen LogP contribution in [-0.4, -0.2) is 46.4 Å². The molecule has 3 amide bonds. The van der Waals surface area contributed by atoms with Crippen LogP contribution in [0.5, 0.6) is 0 Å². The third-order valence-electron chi connectivity index (χ3n) is 9.37.